The lowest BCUT2D eigenvalue weighted by atomic mass is 9.92. The summed E-state index contributed by atoms with van der Waals surface area (Å²) in [6.07, 6.45) is 1.76. The van der Waals surface area contributed by atoms with Gasteiger partial charge in [0.2, 0.25) is 0 Å². The number of aryl methyl sites for hydroxylation is 2. The molecule has 27 heavy (non-hydrogen) atoms. The SMILES string of the molecule is COC(=O)c1c(C)nc(C)c(C(=O)OCC2CCCO2)c1-c1ccccc1. The molecule has 1 fully saturated rings. The van der Waals surface area contributed by atoms with Gasteiger partial charge in [0, 0.05) is 12.2 Å². The van der Waals surface area contributed by atoms with Gasteiger partial charge >= 0.3 is 11.9 Å². The maximum absolute atomic E-state index is 12.9. The fourth-order valence-corrected chi connectivity index (χ4v) is 3.36. The van der Waals surface area contributed by atoms with E-state index in [2.05, 4.69) is 4.98 Å². The molecule has 0 amide bonds. The summed E-state index contributed by atoms with van der Waals surface area (Å²) < 4.78 is 16.0. The topological polar surface area (TPSA) is 74.7 Å². The summed E-state index contributed by atoms with van der Waals surface area (Å²) in [7, 11) is 1.31. The molecule has 0 spiro atoms. The average molecular weight is 369 g/mol. The van der Waals surface area contributed by atoms with Crippen LogP contribution in [0, 0.1) is 13.8 Å². The number of hydrogen-bond donors (Lipinski definition) is 0. The van der Waals surface area contributed by atoms with Crippen LogP contribution in [0.5, 0.6) is 0 Å². The van der Waals surface area contributed by atoms with E-state index in [-0.39, 0.29) is 23.8 Å². The van der Waals surface area contributed by atoms with E-state index in [1.807, 2.05) is 30.3 Å². The highest BCUT2D eigenvalue weighted by Gasteiger charge is 2.28. The Bertz CT molecular complexity index is 841. The van der Waals surface area contributed by atoms with E-state index in [1.165, 1.54) is 7.11 Å². The van der Waals surface area contributed by atoms with Gasteiger partial charge in [-0.25, -0.2) is 9.59 Å². The summed E-state index contributed by atoms with van der Waals surface area (Å²) in [5.41, 5.74) is 2.80. The fourth-order valence-electron chi connectivity index (χ4n) is 3.36. The first-order valence-electron chi connectivity index (χ1n) is 8.96. The van der Waals surface area contributed by atoms with Crippen molar-refractivity contribution < 1.29 is 23.8 Å². The van der Waals surface area contributed by atoms with Crippen LogP contribution in [-0.4, -0.2) is 43.4 Å². The molecule has 142 valence electrons. The number of aromatic nitrogens is 1. The second-order valence-electron chi connectivity index (χ2n) is 6.50. The standard InChI is InChI=1S/C21H23NO5/c1-13-17(20(23)25-3)19(15-8-5-4-6-9-15)18(14(2)22-13)21(24)27-12-16-10-7-11-26-16/h4-6,8-9,16H,7,10-12H2,1-3H3. The Kier molecular flexibility index (Phi) is 5.86. The third-order valence-corrected chi connectivity index (χ3v) is 4.64. The highest BCUT2D eigenvalue weighted by Crippen LogP contribution is 2.32. The number of nitrogens with zero attached hydrogens (tertiary/aromatic N) is 1. The van der Waals surface area contributed by atoms with E-state index in [0.29, 0.717) is 23.6 Å². The summed E-state index contributed by atoms with van der Waals surface area (Å²) in [5.74, 6) is -1.05. The highest BCUT2D eigenvalue weighted by atomic mass is 16.6. The number of esters is 2. The lowest BCUT2D eigenvalue weighted by Gasteiger charge is -2.18. The fraction of sp³-hybridized carbons (Fsp3) is 0.381. The summed E-state index contributed by atoms with van der Waals surface area (Å²) >= 11 is 0. The summed E-state index contributed by atoms with van der Waals surface area (Å²) in [4.78, 5) is 29.8. The minimum Gasteiger partial charge on any atom is -0.465 e. The maximum atomic E-state index is 12.9. The van der Waals surface area contributed by atoms with Crippen LogP contribution in [0.4, 0.5) is 0 Å². The van der Waals surface area contributed by atoms with Crippen LogP contribution in [0.2, 0.25) is 0 Å². The number of carbonyl (C=O) groups excluding carboxylic acids is 2. The molecule has 6 nitrogen and oxygen atoms in total. The molecule has 3 rings (SSSR count). The van der Waals surface area contributed by atoms with Crippen LogP contribution in [-0.2, 0) is 14.2 Å². The Morgan fingerprint density at radius 2 is 1.78 bits per heavy atom. The maximum Gasteiger partial charge on any atom is 0.340 e. The zero-order valence-corrected chi connectivity index (χ0v) is 15.8. The Morgan fingerprint density at radius 3 is 2.37 bits per heavy atom. The molecular formula is C21H23NO5. The van der Waals surface area contributed by atoms with E-state index in [0.717, 1.165) is 18.4 Å². The van der Waals surface area contributed by atoms with Gasteiger partial charge in [-0.2, -0.15) is 0 Å². The van der Waals surface area contributed by atoms with Crippen molar-refractivity contribution >= 4 is 11.9 Å². The molecule has 1 saturated heterocycles. The van der Waals surface area contributed by atoms with Crippen molar-refractivity contribution in [2.24, 2.45) is 0 Å². The molecule has 1 aliphatic rings. The van der Waals surface area contributed by atoms with E-state index < -0.39 is 11.9 Å². The van der Waals surface area contributed by atoms with Crippen molar-refractivity contribution in [2.75, 3.05) is 20.3 Å². The Labute approximate surface area is 158 Å². The molecule has 1 aliphatic heterocycles. The van der Waals surface area contributed by atoms with Gasteiger partial charge in [0.05, 0.1) is 35.7 Å². The average Bonchev–Trinajstić information content (AvgIpc) is 3.19. The molecular weight excluding hydrogens is 346 g/mol. The molecule has 0 saturated carbocycles. The highest BCUT2D eigenvalue weighted by molar-refractivity contribution is 6.07. The first-order chi connectivity index (χ1) is 13.0. The van der Waals surface area contributed by atoms with Crippen LogP contribution in [0.15, 0.2) is 30.3 Å². The van der Waals surface area contributed by atoms with E-state index in [9.17, 15) is 9.59 Å². The lowest BCUT2D eigenvalue weighted by Crippen LogP contribution is -2.21. The van der Waals surface area contributed by atoms with Gasteiger partial charge in [-0.05, 0) is 32.3 Å². The Balaban J connectivity index is 2.08. The lowest BCUT2D eigenvalue weighted by molar-refractivity contribution is 0.0161. The Hall–Kier alpha value is -2.73. The zero-order chi connectivity index (χ0) is 19.4. The largest absolute Gasteiger partial charge is 0.465 e. The molecule has 0 bridgehead atoms. The summed E-state index contributed by atoms with van der Waals surface area (Å²) in [6.45, 7) is 4.35. The van der Waals surface area contributed by atoms with Gasteiger partial charge in [-0.15, -0.1) is 0 Å². The second-order valence-corrected chi connectivity index (χ2v) is 6.50. The third kappa shape index (κ3) is 4.01. The van der Waals surface area contributed by atoms with E-state index in [4.69, 9.17) is 14.2 Å². The monoisotopic (exact) mass is 369 g/mol. The number of carbonyl (C=O) groups is 2. The number of pyridine rings is 1. The Morgan fingerprint density at radius 1 is 1.11 bits per heavy atom. The van der Waals surface area contributed by atoms with Crippen LogP contribution < -0.4 is 0 Å². The van der Waals surface area contributed by atoms with Gasteiger partial charge in [-0.3, -0.25) is 4.98 Å². The van der Waals surface area contributed by atoms with E-state index >= 15 is 0 Å². The van der Waals surface area contributed by atoms with E-state index in [1.54, 1.807) is 13.8 Å². The molecule has 1 unspecified atom stereocenters. The van der Waals surface area contributed by atoms with Gasteiger partial charge in [-0.1, -0.05) is 30.3 Å². The molecule has 0 aliphatic carbocycles. The van der Waals surface area contributed by atoms with Crippen LogP contribution in [0.25, 0.3) is 11.1 Å². The summed E-state index contributed by atoms with van der Waals surface area (Å²) in [6, 6.07) is 9.26. The predicted molar refractivity (Wildman–Crippen MR) is 99.7 cm³/mol. The normalized spacial score (nSPS) is 16.2. The van der Waals surface area contributed by atoms with Crippen molar-refractivity contribution in [3.8, 4) is 11.1 Å². The van der Waals surface area contributed by atoms with Gasteiger partial charge in [0.1, 0.15) is 6.61 Å². The number of rotatable bonds is 5. The number of hydrogen-bond acceptors (Lipinski definition) is 6. The third-order valence-electron chi connectivity index (χ3n) is 4.64. The van der Waals surface area contributed by atoms with Crippen molar-refractivity contribution in [3.63, 3.8) is 0 Å². The molecule has 2 heterocycles. The molecule has 1 aromatic carbocycles. The smallest absolute Gasteiger partial charge is 0.340 e. The molecule has 1 aromatic heterocycles. The number of benzene rings is 1. The van der Waals surface area contributed by atoms with Crippen molar-refractivity contribution in [3.05, 3.63) is 52.8 Å². The number of methoxy groups -OCH3 is 1. The summed E-state index contributed by atoms with van der Waals surface area (Å²) in [5, 5.41) is 0. The minimum atomic E-state index is -0.535. The first-order valence-corrected chi connectivity index (χ1v) is 8.96. The van der Waals surface area contributed by atoms with Gasteiger partial charge in [0.25, 0.3) is 0 Å². The van der Waals surface area contributed by atoms with Crippen molar-refractivity contribution in [1.29, 1.82) is 0 Å². The molecule has 0 radical (unpaired) electrons. The van der Waals surface area contributed by atoms with Crippen LogP contribution in [0.1, 0.15) is 44.9 Å². The van der Waals surface area contributed by atoms with Crippen LogP contribution in [0.3, 0.4) is 0 Å². The molecule has 2 aromatic rings. The second kappa shape index (κ2) is 8.31. The predicted octanol–water partition coefficient (Wildman–Crippen LogP) is 3.49. The molecule has 0 N–H and O–H groups in total. The first kappa shape index (κ1) is 19.0. The number of ether oxygens (including phenoxy) is 3. The van der Waals surface area contributed by atoms with Gasteiger partial charge in [0.15, 0.2) is 0 Å². The van der Waals surface area contributed by atoms with Crippen molar-refractivity contribution in [1.82, 2.24) is 4.98 Å². The van der Waals surface area contributed by atoms with Crippen LogP contribution >= 0.6 is 0 Å². The molecule has 6 heteroatoms. The quantitative estimate of drug-likeness (QED) is 0.751. The zero-order valence-electron chi connectivity index (χ0n) is 15.8. The molecule has 1 atom stereocenters. The van der Waals surface area contributed by atoms with Crippen molar-refractivity contribution in [2.45, 2.75) is 32.8 Å². The van der Waals surface area contributed by atoms with Gasteiger partial charge < -0.3 is 14.2 Å². The minimum absolute atomic E-state index is 0.0760.